The minimum Gasteiger partial charge on any atom is -0.657 e. The maximum Gasteiger partial charge on any atom is 2.00 e. The van der Waals surface area contributed by atoms with Crippen LogP contribution in [0.5, 0.6) is 0 Å². The molecule has 0 fully saturated rings. The van der Waals surface area contributed by atoms with Crippen LogP contribution in [0, 0.1) is 11.8 Å². The molecule has 0 amide bonds. The van der Waals surface area contributed by atoms with Crippen LogP contribution in [0.3, 0.4) is 0 Å². The first-order chi connectivity index (χ1) is 24.7. The molecule has 3 aromatic carbocycles. The Bertz CT molecular complexity index is 2600. The van der Waals surface area contributed by atoms with Gasteiger partial charge >= 0.3 is 30.8 Å². The second-order valence-electron chi connectivity index (χ2n) is 11.8. The Balaban J connectivity index is 0.00000420. The predicted molar refractivity (Wildman–Crippen MR) is 195 cm³/mol. The van der Waals surface area contributed by atoms with E-state index in [9.17, 15) is 8.78 Å². The standard InChI is InChI=1S/C42H23ClF4N4.Zn/c43-42(46,47)41(44,45)40-34-22-20-32(49-34)38(27-12-6-2-7-13-27)31-19-18-30(48-31)25-36-29(17-16-26-10-4-1-5-11-26)24-37(51-36)39(28-14-8-3-9-15-28)33-21-23-35(40)50-33;/h1-15,18-25H;/q-2;+2. The van der Waals surface area contributed by atoms with Crippen LogP contribution in [0.25, 0.3) is 68.1 Å². The quantitative estimate of drug-likeness (QED) is 0.0776. The number of fused-ring (bicyclic) bond motifs is 8. The van der Waals surface area contributed by atoms with E-state index in [1.165, 1.54) is 24.3 Å². The summed E-state index contributed by atoms with van der Waals surface area (Å²) in [6.07, 6.45) is 5.41. The molecular formula is C42H23ClF4N4Zn. The van der Waals surface area contributed by atoms with Gasteiger partial charge in [-0.15, -0.1) is 22.1 Å². The smallest absolute Gasteiger partial charge is 0.657 e. The van der Waals surface area contributed by atoms with E-state index in [0.717, 1.165) is 5.56 Å². The van der Waals surface area contributed by atoms with Crippen molar-refractivity contribution in [1.29, 1.82) is 0 Å². The van der Waals surface area contributed by atoms with E-state index in [2.05, 4.69) is 21.8 Å². The molecule has 0 unspecified atom stereocenters. The van der Waals surface area contributed by atoms with E-state index in [0.29, 0.717) is 50.6 Å². The molecule has 4 nitrogen and oxygen atoms in total. The predicted octanol–water partition coefficient (Wildman–Crippen LogP) is 10.6. The number of benzene rings is 3. The molecule has 248 valence electrons. The molecule has 0 saturated carbocycles. The Morgan fingerprint density at radius 2 is 1.10 bits per heavy atom. The molecule has 10 heteroatoms. The Hall–Kier alpha value is -5.55. The molecule has 2 aliphatic rings. The van der Waals surface area contributed by atoms with Gasteiger partial charge in [0.2, 0.25) is 0 Å². The van der Waals surface area contributed by atoms with E-state index < -0.39 is 27.9 Å². The number of nitrogens with zero attached hydrogens (tertiary/aromatic N) is 4. The van der Waals surface area contributed by atoms with Crippen molar-refractivity contribution >= 4 is 57.5 Å². The molecule has 8 bridgehead atoms. The van der Waals surface area contributed by atoms with Crippen LogP contribution >= 0.6 is 11.6 Å². The van der Waals surface area contributed by atoms with Gasteiger partial charge in [-0.2, -0.15) is 17.6 Å². The molecular weight excluding hydrogens is 737 g/mol. The minimum atomic E-state index is -4.95. The van der Waals surface area contributed by atoms with Crippen LogP contribution < -0.4 is 9.97 Å². The Morgan fingerprint density at radius 3 is 1.65 bits per heavy atom. The summed E-state index contributed by atoms with van der Waals surface area (Å²) in [5.41, 5.74) is 4.40. The number of rotatable bonds is 4. The number of alkyl halides is 5. The fourth-order valence-electron chi connectivity index (χ4n) is 6.11. The van der Waals surface area contributed by atoms with Crippen molar-refractivity contribution in [3.05, 3.63) is 155 Å². The summed E-state index contributed by atoms with van der Waals surface area (Å²) in [6.45, 7) is 0. The average molecular weight is 761 g/mol. The van der Waals surface area contributed by atoms with Gasteiger partial charge in [0.25, 0.3) is 0 Å². The van der Waals surface area contributed by atoms with Gasteiger partial charge in [0.1, 0.15) is 0 Å². The van der Waals surface area contributed by atoms with Crippen molar-refractivity contribution in [1.82, 2.24) is 19.9 Å². The average Bonchev–Trinajstić information content (AvgIpc) is 3.95. The van der Waals surface area contributed by atoms with Crippen LogP contribution in [0.4, 0.5) is 17.6 Å². The van der Waals surface area contributed by atoms with Crippen molar-refractivity contribution in [3.63, 3.8) is 0 Å². The third-order valence-corrected chi connectivity index (χ3v) is 8.71. The largest absolute Gasteiger partial charge is 2.00 e. The van der Waals surface area contributed by atoms with Crippen LogP contribution in [0.2, 0.25) is 0 Å². The molecule has 0 spiro atoms. The van der Waals surface area contributed by atoms with Gasteiger partial charge in [0.05, 0.1) is 28.3 Å². The molecule has 5 heterocycles. The van der Waals surface area contributed by atoms with Gasteiger partial charge in [0.15, 0.2) is 0 Å². The summed E-state index contributed by atoms with van der Waals surface area (Å²) in [4.78, 5) is 18.9. The molecule has 3 aromatic heterocycles. The Morgan fingerprint density at radius 1 is 0.577 bits per heavy atom. The molecule has 0 aliphatic carbocycles. The second kappa shape index (κ2) is 13.9. The van der Waals surface area contributed by atoms with Crippen molar-refractivity contribution < 1.29 is 37.0 Å². The van der Waals surface area contributed by atoms with E-state index >= 15 is 8.78 Å². The Labute approximate surface area is 313 Å². The van der Waals surface area contributed by atoms with Crippen LogP contribution in [0.15, 0.2) is 121 Å². The summed E-state index contributed by atoms with van der Waals surface area (Å²) < 4.78 is 60.9. The maximum absolute atomic E-state index is 15.9. The first-order valence-electron chi connectivity index (χ1n) is 15.9. The Kier molecular flexibility index (Phi) is 9.31. The molecule has 0 saturated heterocycles. The molecule has 6 aromatic rings. The van der Waals surface area contributed by atoms with Crippen LogP contribution in [-0.4, -0.2) is 15.3 Å². The summed E-state index contributed by atoms with van der Waals surface area (Å²) >= 11 is 5.12. The fraction of sp³-hybridized carbons (Fsp3) is 0.0476. The van der Waals surface area contributed by atoms with E-state index in [4.69, 9.17) is 21.6 Å². The zero-order valence-electron chi connectivity index (χ0n) is 27.2. The zero-order valence-corrected chi connectivity index (χ0v) is 30.9. The number of hydrogen-bond donors (Lipinski definition) is 0. The van der Waals surface area contributed by atoms with Crippen molar-refractivity contribution in [2.45, 2.75) is 11.3 Å². The molecule has 8 rings (SSSR count). The first kappa shape index (κ1) is 34.9. The van der Waals surface area contributed by atoms with E-state index in [1.54, 1.807) is 12.2 Å². The molecule has 0 N–H and O–H groups in total. The van der Waals surface area contributed by atoms with Gasteiger partial charge < -0.3 is 9.97 Å². The van der Waals surface area contributed by atoms with E-state index in [1.807, 2.05) is 103 Å². The SMILES string of the molecule is FC(F)(Cl)C(F)(F)c1c2ccc([n-]2)c(-c2ccccc2)c2nc(cc3nc(c(-c4ccccc4)c4ccc1[n-]4)C=C3C#Cc1ccccc1)C=C2.[Zn+2]. The molecule has 0 radical (unpaired) electrons. The van der Waals surface area contributed by atoms with Crippen molar-refractivity contribution in [2.24, 2.45) is 0 Å². The van der Waals surface area contributed by atoms with Crippen LogP contribution in [-0.2, 0) is 25.4 Å². The van der Waals surface area contributed by atoms with Crippen LogP contribution in [0.1, 0.15) is 33.9 Å². The fourth-order valence-corrected chi connectivity index (χ4v) is 6.20. The third-order valence-electron chi connectivity index (χ3n) is 8.47. The van der Waals surface area contributed by atoms with Gasteiger partial charge in [-0.25, -0.2) is 9.97 Å². The molecule has 0 atom stereocenters. The summed E-state index contributed by atoms with van der Waals surface area (Å²) in [6, 6.07) is 35.2. The number of aromatic nitrogens is 4. The topological polar surface area (TPSA) is 54.0 Å². The second-order valence-corrected chi connectivity index (χ2v) is 12.3. The van der Waals surface area contributed by atoms with E-state index in [-0.39, 0.29) is 30.5 Å². The van der Waals surface area contributed by atoms with Crippen molar-refractivity contribution in [3.8, 4) is 34.1 Å². The number of halogens is 5. The zero-order chi connectivity index (χ0) is 35.2. The summed E-state index contributed by atoms with van der Waals surface area (Å²) in [7, 11) is 0. The van der Waals surface area contributed by atoms with Gasteiger partial charge in [-0.1, -0.05) is 115 Å². The van der Waals surface area contributed by atoms with Gasteiger partial charge in [0, 0.05) is 5.56 Å². The van der Waals surface area contributed by atoms with Crippen molar-refractivity contribution in [2.75, 3.05) is 0 Å². The molecule has 2 aliphatic heterocycles. The number of hydrogen-bond acceptors (Lipinski definition) is 2. The number of allylic oxidation sites excluding steroid dienone is 1. The minimum absolute atomic E-state index is 0. The summed E-state index contributed by atoms with van der Waals surface area (Å²) in [5, 5.41) is -4.95. The van der Waals surface area contributed by atoms with Gasteiger partial charge in [-0.3, -0.25) is 0 Å². The maximum atomic E-state index is 15.9. The van der Waals surface area contributed by atoms with Gasteiger partial charge in [-0.05, 0) is 75.8 Å². The monoisotopic (exact) mass is 758 g/mol. The third kappa shape index (κ3) is 6.52. The normalized spacial score (nSPS) is 12.4. The first-order valence-corrected chi connectivity index (χ1v) is 16.2. The summed E-state index contributed by atoms with van der Waals surface area (Å²) in [5.74, 6) is 1.58. The molecule has 52 heavy (non-hydrogen) atoms.